The minimum absolute atomic E-state index is 0.720. The van der Waals surface area contributed by atoms with Crippen molar-refractivity contribution in [1.82, 2.24) is 0 Å². The molecule has 0 amide bonds. The summed E-state index contributed by atoms with van der Waals surface area (Å²) < 4.78 is 5.27. The standard InChI is InChI=1S/C15H22O2/c1-4-5-6-9-12-15(2,16)13-10-7-8-11-14(13)17-3/h7-12,16H,4-6H2,1-3H3/b12-9+. The average Bonchev–Trinajstić information content (AvgIpc) is 2.34. The van der Waals surface area contributed by atoms with Gasteiger partial charge in [0.1, 0.15) is 11.4 Å². The molecular formula is C15H22O2. The number of aliphatic hydroxyl groups is 1. The predicted octanol–water partition coefficient (Wildman–Crippen LogP) is 3.65. The molecule has 94 valence electrons. The molecule has 0 aliphatic carbocycles. The molecule has 2 nitrogen and oxygen atoms in total. The van der Waals surface area contributed by atoms with Crippen LogP contribution in [0.15, 0.2) is 36.4 Å². The predicted molar refractivity (Wildman–Crippen MR) is 71.2 cm³/mol. The number of allylic oxidation sites excluding steroid dienone is 1. The van der Waals surface area contributed by atoms with Gasteiger partial charge >= 0.3 is 0 Å². The van der Waals surface area contributed by atoms with Gasteiger partial charge in [-0.3, -0.25) is 0 Å². The Kier molecular flexibility index (Phi) is 5.23. The Morgan fingerprint density at radius 1 is 1.35 bits per heavy atom. The van der Waals surface area contributed by atoms with E-state index in [-0.39, 0.29) is 0 Å². The zero-order valence-electron chi connectivity index (χ0n) is 10.9. The Balaban J connectivity index is 2.84. The van der Waals surface area contributed by atoms with Gasteiger partial charge in [-0.25, -0.2) is 0 Å². The van der Waals surface area contributed by atoms with Crippen molar-refractivity contribution in [2.45, 2.75) is 38.7 Å². The highest BCUT2D eigenvalue weighted by Crippen LogP contribution is 2.30. The van der Waals surface area contributed by atoms with Crippen LogP contribution in [0.3, 0.4) is 0 Å². The van der Waals surface area contributed by atoms with E-state index < -0.39 is 5.60 Å². The number of methoxy groups -OCH3 is 1. The summed E-state index contributed by atoms with van der Waals surface area (Å²) in [6.45, 7) is 3.94. The van der Waals surface area contributed by atoms with Crippen molar-refractivity contribution >= 4 is 0 Å². The number of unbranched alkanes of at least 4 members (excludes halogenated alkanes) is 2. The third-order valence-corrected chi connectivity index (χ3v) is 2.82. The van der Waals surface area contributed by atoms with E-state index in [1.807, 2.05) is 36.4 Å². The van der Waals surface area contributed by atoms with Crippen LogP contribution in [0.2, 0.25) is 0 Å². The van der Waals surface area contributed by atoms with E-state index in [0.717, 1.165) is 24.2 Å². The number of hydrogen-bond donors (Lipinski definition) is 1. The fraction of sp³-hybridized carbons (Fsp3) is 0.467. The molecule has 0 heterocycles. The molecule has 0 saturated heterocycles. The van der Waals surface area contributed by atoms with Crippen LogP contribution >= 0.6 is 0 Å². The normalized spacial score (nSPS) is 14.8. The zero-order chi connectivity index (χ0) is 12.7. The van der Waals surface area contributed by atoms with E-state index >= 15 is 0 Å². The lowest BCUT2D eigenvalue weighted by Crippen LogP contribution is -2.18. The first-order valence-electron chi connectivity index (χ1n) is 6.15. The molecule has 0 fully saturated rings. The van der Waals surface area contributed by atoms with Gasteiger partial charge in [-0.1, -0.05) is 50.1 Å². The van der Waals surface area contributed by atoms with Crippen LogP contribution in [0.5, 0.6) is 5.75 Å². The minimum Gasteiger partial charge on any atom is -0.496 e. The summed E-state index contributed by atoms with van der Waals surface area (Å²) in [6.07, 6.45) is 7.21. The Bertz CT molecular complexity index is 367. The molecule has 0 spiro atoms. The van der Waals surface area contributed by atoms with Crippen molar-refractivity contribution in [2.75, 3.05) is 7.11 Å². The Hall–Kier alpha value is -1.28. The van der Waals surface area contributed by atoms with E-state index in [4.69, 9.17) is 4.74 Å². The third-order valence-electron chi connectivity index (χ3n) is 2.82. The van der Waals surface area contributed by atoms with E-state index in [9.17, 15) is 5.11 Å². The summed E-state index contributed by atoms with van der Waals surface area (Å²) in [7, 11) is 1.62. The maximum atomic E-state index is 10.4. The van der Waals surface area contributed by atoms with E-state index in [0.29, 0.717) is 0 Å². The number of hydrogen-bond acceptors (Lipinski definition) is 2. The molecule has 0 aromatic heterocycles. The monoisotopic (exact) mass is 234 g/mol. The first-order valence-corrected chi connectivity index (χ1v) is 6.15. The Morgan fingerprint density at radius 3 is 2.71 bits per heavy atom. The summed E-state index contributed by atoms with van der Waals surface area (Å²) in [6, 6.07) is 7.57. The van der Waals surface area contributed by atoms with Gasteiger partial charge in [-0.2, -0.15) is 0 Å². The molecule has 1 atom stereocenters. The number of ether oxygens (including phenoxy) is 1. The molecule has 1 aromatic carbocycles. The zero-order valence-corrected chi connectivity index (χ0v) is 10.9. The first kappa shape index (κ1) is 13.8. The molecule has 2 heteroatoms. The third kappa shape index (κ3) is 3.90. The van der Waals surface area contributed by atoms with Crippen molar-refractivity contribution in [3.63, 3.8) is 0 Å². The molecule has 0 aliphatic heterocycles. The van der Waals surface area contributed by atoms with Gasteiger partial charge in [-0.15, -0.1) is 0 Å². The average molecular weight is 234 g/mol. The molecule has 17 heavy (non-hydrogen) atoms. The van der Waals surface area contributed by atoms with Crippen molar-refractivity contribution in [3.05, 3.63) is 42.0 Å². The van der Waals surface area contributed by atoms with Crippen LogP contribution in [0.4, 0.5) is 0 Å². The molecule has 1 unspecified atom stereocenters. The van der Waals surface area contributed by atoms with Crippen LogP contribution in [-0.4, -0.2) is 12.2 Å². The second-order valence-electron chi connectivity index (χ2n) is 4.39. The van der Waals surface area contributed by atoms with Crippen molar-refractivity contribution in [2.24, 2.45) is 0 Å². The van der Waals surface area contributed by atoms with E-state index in [2.05, 4.69) is 6.92 Å². The number of benzene rings is 1. The Labute approximate surface area is 104 Å². The summed E-state index contributed by atoms with van der Waals surface area (Å²) in [5, 5.41) is 10.4. The molecule has 1 N–H and O–H groups in total. The fourth-order valence-electron chi connectivity index (χ4n) is 1.79. The quantitative estimate of drug-likeness (QED) is 0.601. The largest absolute Gasteiger partial charge is 0.496 e. The van der Waals surface area contributed by atoms with Gasteiger partial charge in [0, 0.05) is 5.56 Å². The lowest BCUT2D eigenvalue weighted by molar-refractivity contribution is 0.107. The second-order valence-corrected chi connectivity index (χ2v) is 4.39. The summed E-state index contributed by atoms with van der Waals surface area (Å²) in [5.41, 5.74) is -0.171. The fourth-order valence-corrected chi connectivity index (χ4v) is 1.79. The lowest BCUT2D eigenvalue weighted by atomic mass is 9.94. The summed E-state index contributed by atoms with van der Waals surface area (Å²) >= 11 is 0. The molecule has 1 rings (SSSR count). The van der Waals surface area contributed by atoms with Crippen molar-refractivity contribution < 1.29 is 9.84 Å². The van der Waals surface area contributed by atoms with Crippen molar-refractivity contribution in [1.29, 1.82) is 0 Å². The van der Waals surface area contributed by atoms with Crippen LogP contribution in [0, 0.1) is 0 Å². The molecule has 1 aromatic rings. The van der Waals surface area contributed by atoms with Crippen LogP contribution in [0.25, 0.3) is 0 Å². The Morgan fingerprint density at radius 2 is 2.06 bits per heavy atom. The van der Waals surface area contributed by atoms with Gasteiger partial charge in [-0.05, 0) is 19.4 Å². The molecule has 0 radical (unpaired) electrons. The van der Waals surface area contributed by atoms with Gasteiger partial charge in [0.15, 0.2) is 0 Å². The maximum absolute atomic E-state index is 10.4. The van der Waals surface area contributed by atoms with Crippen molar-refractivity contribution in [3.8, 4) is 5.75 Å². The molecular weight excluding hydrogens is 212 g/mol. The highest BCUT2D eigenvalue weighted by molar-refractivity contribution is 5.39. The minimum atomic E-state index is -0.972. The SMILES string of the molecule is CCCC/C=C/C(C)(O)c1ccccc1OC. The smallest absolute Gasteiger partial charge is 0.125 e. The number of rotatable bonds is 6. The molecule has 0 aliphatic rings. The first-order chi connectivity index (χ1) is 8.11. The van der Waals surface area contributed by atoms with E-state index in [1.54, 1.807) is 14.0 Å². The molecule has 0 bridgehead atoms. The summed E-state index contributed by atoms with van der Waals surface area (Å²) in [4.78, 5) is 0. The van der Waals surface area contributed by atoms with E-state index in [1.165, 1.54) is 6.42 Å². The van der Waals surface area contributed by atoms with Gasteiger partial charge in [0.05, 0.1) is 7.11 Å². The second kappa shape index (κ2) is 6.45. The van der Waals surface area contributed by atoms with Crippen LogP contribution < -0.4 is 4.74 Å². The lowest BCUT2D eigenvalue weighted by Gasteiger charge is -2.22. The maximum Gasteiger partial charge on any atom is 0.125 e. The summed E-state index contributed by atoms with van der Waals surface area (Å²) in [5.74, 6) is 0.720. The number of para-hydroxylation sites is 1. The van der Waals surface area contributed by atoms with Gasteiger partial charge in [0.2, 0.25) is 0 Å². The van der Waals surface area contributed by atoms with Crippen LogP contribution in [-0.2, 0) is 5.60 Å². The molecule has 0 saturated carbocycles. The topological polar surface area (TPSA) is 29.5 Å². The highest BCUT2D eigenvalue weighted by Gasteiger charge is 2.22. The highest BCUT2D eigenvalue weighted by atomic mass is 16.5. The van der Waals surface area contributed by atoms with Crippen LogP contribution in [0.1, 0.15) is 38.7 Å². The van der Waals surface area contributed by atoms with Gasteiger partial charge in [0.25, 0.3) is 0 Å². The van der Waals surface area contributed by atoms with Gasteiger partial charge < -0.3 is 9.84 Å².